The van der Waals surface area contributed by atoms with Crippen molar-refractivity contribution in [1.29, 1.82) is 0 Å². The SMILES string of the molecule is Nc1nccc(-c2cccc3nccn23)n1. The molecule has 0 spiro atoms. The van der Waals surface area contributed by atoms with Gasteiger partial charge in [0, 0.05) is 18.6 Å². The zero-order valence-electron chi connectivity index (χ0n) is 8.41. The summed E-state index contributed by atoms with van der Waals surface area (Å²) in [6.07, 6.45) is 5.29. The first-order valence-electron chi connectivity index (χ1n) is 4.85. The molecule has 0 radical (unpaired) electrons. The van der Waals surface area contributed by atoms with E-state index in [2.05, 4.69) is 15.0 Å². The van der Waals surface area contributed by atoms with E-state index in [1.165, 1.54) is 0 Å². The fraction of sp³-hybridized carbons (Fsp3) is 0. The number of hydrogen-bond acceptors (Lipinski definition) is 4. The number of nitrogens with two attached hydrogens (primary N) is 1. The molecule has 3 rings (SSSR count). The predicted molar refractivity (Wildman–Crippen MR) is 60.6 cm³/mol. The Morgan fingerprint density at radius 3 is 2.88 bits per heavy atom. The molecule has 78 valence electrons. The van der Waals surface area contributed by atoms with Gasteiger partial charge in [0.15, 0.2) is 0 Å². The molecule has 0 aliphatic rings. The highest BCUT2D eigenvalue weighted by molar-refractivity contribution is 5.60. The van der Waals surface area contributed by atoms with Crippen LogP contribution in [0.25, 0.3) is 17.0 Å². The highest BCUT2D eigenvalue weighted by Gasteiger charge is 2.04. The van der Waals surface area contributed by atoms with Crippen LogP contribution >= 0.6 is 0 Å². The molecule has 2 N–H and O–H groups in total. The number of aromatic nitrogens is 4. The van der Waals surface area contributed by atoms with E-state index in [-0.39, 0.29) is 5.95 Å². The first-order valence-corrected chi connectivity index (χ1v) is 4.85. The number of nitrogen functional groups attached to an aromatic ring is 1. The van der Waals surface area contributed by atoms with Crippen molar-refractivity contribution in [3.63, 3.8) is 0 Å². The zero-order chi connectivity index (χ0) is 11.0. The van der Waals surface area contributed by atoms with E-state index in [9.17, 15) is 0 Å². The number of anilines is 1. The van der Waals surface area contributed by atoms with Crippen molar-refractivity contribution in [3.05, 3.63) is 42.9 Å². The van der Waals surface area contributed by atoms with Crippen molar-refractivity contribution >= 4 is 11.6 Å². The molecule has 3 aromatic rings. The normalized spacial score (nSPS) is 10.8. The third-order valence-electron chi connectivity index (χ3n) is 2.36. The lowest BCUT2D eigenvalue weighted by Crippen LogP contribution is -1.98. The molecule has 3 aromatic heterocycles. The largest absolute Gasteiger partial charge is 0.368 e. The molecule has 0 amide bonds. The van der Waals surface area contributed by atoms with Gasteiger partial charge >= 0.3 is 0 Å². The van der Waals surface area contributed by atoms with Gasteiger partial charge in [-0.1, -0.05) is 6.07 Å². The van der Waals surface area contributed by atoms with Crippen LogP contribution in [0.4, 0.5) is 5.95 Å². The fourth-order valence-electron chi connectivity index (χ4n) is 1.67. The van der Waals surface area contributed by atoms with Gasteiger partial charge < -0.3 is 5.73 Å². The van der Waals surface area contributed by atoms with Crippen LogP contribution in [0, 0.1) is 0 Å². The lowest BCUT2D eigenvalue weighted by molar-refractivity contribution is 1.13. The number of rotatable bonds is 1. The smallest absolute Gasteiger partial charge is 0.220 e. The Morgan fingerprint density at radius 1 is 1.06 bits per heavy atom. The van der Waals surface area contributed by atoms with Crippen molar-refractivity contribution in [1.82, 2.24) is 19.4 Å². The maximum absolute atomic E-state index is 5.57. The van der Waals surface area contributed by atoms with Gasteiger partial charge in [-0.15, -0.1) is 0 Å². The maximum atomic E-state index is 5.57. The summed E-state index contributed by atoms with van der Waals surface area (Å²) in [6.45, 7) is 0. The molecular weight excluding hydrogens is 202 g/mol. The maximum Gasteiger partial charge on any atom is 0.220 e. The Hall–Kier alpha value is -2.43. The summed E-state index contributed by atoms with van der Waals surface area (Å²) in [5, 5.41) is 0. The van der Waals surface area contributed by atoms with Crippen molar-refractivity contribution < 1.29 is 0 Å². The summed E-state index contributed by atoms with van der Waals surface area (Å²) in [4.78, 5) is 12.3. The third-order valence-corrected chi connectivity index (χ3v) is 2.36. The molecule has 0 aromatic carbocycles. The summed E-state index contributed by atoms with van der Waals surface area (Å²) in [7, 11) is 0. The standard InChI is InChI=1S/C11H9N5/c12-11-14-5-4-8(15-11)9-2-1-3-10-13-6-7-16(9)10/h1-7H,(H2,12,14,15). The fourth-order valence-corrected chi connectivity index (χ4v) is 1.67. The van der Waals surface area contributed by atoms with Crippen LogP contribution < -0.4 is 5.73 Å². The minimum Gasteiger partial charge on any atom is -0.368 e. The Kier molecular flexibility index (Phi) is 1.83. The van der Waals surface area contributed by atoms with Gasteiger partial charge in [-0.25, -0.2) is 15.0 Å². The lowest BCUT2D eigenvalue weighted by Gasteiger charge is -2.04. The Morgan fingerprint density at radius 2 is 2.00 bits per heavy atom. The molecule has 16 heavy (non-hydrogen) atoms. The summed E-state index contributed by atoms with van der Waals surface area (Å²) >= 11 is 0. The van der Waals surface area contributed by atoms with Crippen LogP contribution in [-0.2, 0) is 0 Å². The number of fused-ring (bicyclic) bond motifs is 1. The van der Waals surface area contributed by atoms with E-state index in [1.54, 1.807) is 12.4 Å². The quantitative estimate of drug-likeness (QED) is 0.660. The monoisotopic (exact) mass is 211 g/mol. The van der Waals surface area contributed by atoms with Crippen molar-refractivity contribution in [3.8, 4) is 11.4 Å². The average Bonchev–Trinajstić information content (AvgIpc) is 2.76. The molecule has 0 bridgehead atoms. The van der Waals surface area contributed by atoms with Gasteiger partial charge in [-0.05, 0) is 18.2 Å². The van der Waals surface area contributed by atoms with Crippen LogP contribution in [-0.4, -0.2) is 19.4 Å². The lowest BCUT2D eigenvalue weighted by atomic mass is 10.2. The summed E-state index contributed by atoms with van der Waals surface area (Å²) < 4.78 is 1.96. The molecular formula is C11H9N5. The number of nitrogens with zero attached hydrogens (tertiary/aromatic N) is 4. The zero-order valence-corrected chi connectivity index (χ0v) is 8.41. The van der Waals surface area contributed by atoms with E-state index >= 15 is 0 Å². The van der Waals surface area contributed by atoms with E-state index in [1.807, 2.05) is 34.9 Å². The molecule has 0 saturated carbocycles. The first-order chi connectivity index (χ1) is 7.84. The summed E-state index contributed by atoms with van der Waals surface area (Å²) in [5.41, 5.74) is 8.19. The van der Waals surface area contributed by atoms with Crippen LogP contribution in [0.15, 0.2) is 42.9 Å². The molecule has 3 heterocycles. The highest BCUT2D eigenvalue weighted by atomic mass is 15.0. The van der Waals surface area contributed by atoms with Crippen LogP contribution in [0.1, 0.15) is 0 Å². The summed E-state index contributed by atoms with van der Waals surface area (Å²) in [5.74, 6) is 0.273. The number of hydrogen-bond donors (Lipinski definition) is 1. The van der Waals surface area contributed by atoms with Gasteiger partial charge in [0.05, 0.1) is 11.4 Å². The minimum atomic E-state index is 0.273. The van der Waals surface area contributed by atoms with E-state index < -0.39 is 0 Å². The number of pyridine rings is 1. The molecule has 0 aliphatic carbocycles. The second kappa shape index (κ2) is 3.30. The van der Waals surface area contributed by atoms with E-state index in [0.29, 0.717) is 0 Å². The average molecular weight is 211 g/mol. The third kappa shape index (κ3) is 1.30. The van der Waals surface area contributed by atoms with Crippen LogP contribution in [0.2, 0.25) is 0 Å². The van der Waals surface area contributed by atoms with Crippen molar-refractivity contribution in [2.24, 2.45) is 0 Å². The van der Waals surface area contributed by atoms with Gasteiger partial charge in [-0.2, -0.15) is 0 Å². The number of imidazole rings is 1. The minimum absolute atomic E-state index is 0.273. The molecule has 0 aliphatic heterocycles. The van der Waals surface area contributed by atoms with Crippen LogP contribution in [0.5, 0.6) is 0 Å². The molecule has 5 nitrogen and oxygen atoms in total. The second-order valence-corrected chi connectivity index (χ2v) is 3.37. The molecule has 0 unspecified atom stereocenters. The Bertz CT molecular complexity index is 643. The van der Waals surface area contributed by atoms with E-state index in [0.717, 1.165) is 17.0 Å². The highest BCUT2D eigenvalue weighted by Crippen LogP contribution is 2.18. The van der Waals surface area contributed by atoms with Gasteiger partial charge in [0.2, 0.25) is 5.95 Å². The van der Waals surface area contributed by atoms with Gasteiger partial charge in [0.25, 0.3) is 0 Å². The van der Waals surface area contributed by atoms with Gasteiger partial charge in [0.1, 0.15) is 5.65 Å². The first kappa shape index (κ1) is 8.84. The Labute approximate surface area is 91.6 Å². The van der Waals surface area contributed by atoms with E-state index in [4.69, 9.17) is 5.73 Å². The molecule has 0 saturated heterocycles. The van der Waals surface area contributed by atoms with Crippen LogP contribution in [0.3, 0.4) is 0 Å². The molecule has 0 atom stereocenters. The predicted octanol–water partition coefficient (Wildman–Crippen LogP) is 1.37. The van der Waals surface area contributed by atoms with Crippen molar-refractivity contribution in [2.75, 3.05) is 5.73 Å². The second-order valence-electron chi connectivity index (χ2n) is 3.37. The topological polar surface area (TPSA) is 69.1 Å². The Balaban J connectivity index is 2.29. The van der Waals surface area contributed by atoms with Gasteiger partial charge in [-0.3, -0.25) is 4.40 Å². The molecule has 5 heteroatoms. The summed E-state index contributed by atoms with van der Waals surface area (Å²) in [6, 6.07) is 7.67. The van der Waals surface area contributed by atoms with Crippen molar-refractivity contribution in [2.45, 2.75) is 0 Å². The molecule has 0 fully saturated rings.